The van der Waals surface area contributed by atoms with E-state index in [2.05, 4.69) is 25.3 Å². The number of benzene rings is 2. The number of imidazole rings is 1. The number of hydrogen-bond donors (Lipinski definition) is 2. The number of nitrogens with zero attached hydrogens (tertiary/aromatic N) is 4. The highest BCUT2D eigenvalue weighted by Crippen LogP contribution is 2.27. The maximum atomic E-state index is 13.5. The van der Waals surface area contributed by atoms with Crippen LogP contribution in [0.25, 0.3) is 27.6 Å². The minimum absolute atomic E-state index is 0.165. The molecule has 5 aromatic rings. The molecule has 1 atom stereocenters. The topological polar surface area (TPSA) is 88.5 Å². The lowest BCUT2D eigenvalue weighted by Gasteiger charge is -2.21. The molecular formula is C22H17ClN6O. The van der Waals surface area contributed by atoms with Gasteiger partial charge >= 0.3 is 0 Å². The molecule has 0 fully saturated rings. The van der Waals surface area contributed by atoms with Gasteiger partial charge in [0.15, 0.2) is 11.5 Å². The van der Waals surface area contributed by atoms with E-state index >= 15 is 0 Å². The molecule has 2 aromatic carbocycles. The fraction of sp³-hybridized carbons (Fsp3) is 0.0909. The number of aromatic nitrogens is 5. The summed E-state index contributed by atoms with van der Waals surface area (Å²) in [5.41, 5.74) is 2.67. The zero-order chi connectivity index (χ0) is 20.7. The average Bonchev–Trinajstić information content (AvgIpc) is 3.24. The number of halogens is 1. The largest absolute Gasteiger partial charge is 0.360 e. The van der Waals surface area contributed by atoms with Crippen LogP contribution < -0.4 is 10.9 Å². The molecule has 0 spiro atoms. The lowest BCUT2D eigenvalue weighted by molar-refractivity contribution is 0.774. The first kappa shape index (κ1) is 18.3. The van der Waals surface area contributed by atoms with Gasteiger partial charge in [0.05, 0.1) is 22.8 Å². The summed E-state index contributed by atoms with van der Waals surface area (Å²) in [6, 6.07) is 16.7. The van der Waals surface area contributed by atoms with Crippen molar-refractivity contribution in [2.75, 3.05) is 5.32 Å². The first-order valence-electron chi connectivity index (χ1n) is 9.43. The molecule has 3 aromatic heterocycles. The number of nitrogens with one attached hydrogen (secondary N) is 2. The van der Waals surface area contributed by atoms with E-state index in [4.69, 9.17) is 11.6 Å². The number of fused-ring (bicyclic) bond motifs is 2. The van der Waals surface area contributed by atoms with E-state index in [-0.39, 0.29) is 11.6 Å². The van der Waals surface area contributed by atoms with Gasteiger partial charge in [0.2, 0.25) is 0 Å². The Morgan fingerprint density at radius 3 is 2.73 bits per heavy atom. The van der Waals surface area contributed by atoms with Crippen molar-refractivity contribution in [3.63, 3.8) is 0 Å². The third-order valence-electron chi connectivity index (χ3n) is 5.06. The number of para-hydroxylation sites is 1. The summed E-state index contributed by atoms with van der Waals surface area (Å²) in [7, 11) is 0. The first-order valence-corrected chi connectivity index (χ1v) is 9.81. The summed E-state index contributed by atoms with van der Waals surface area (Å²) in [5, 5.41) is 5.11. The number of rotatable bonds is 4. The molecule has 0 radical (unpaired) electrons. The van der Waals surface area contributed by atoms with Crippen LogP contribution in [0.5, 0.6) is 0 Å². The van der Waals surface area contributed by atoms with Crippen molar-refractivity contribution in [1.29, 1.82) is 0 Å². The molecule has 5 rings (SSSR count). The molecule has 7 nitrogen and oxygen atoms in total. The standard InChI is InChI=1S/C22H17ClN6O/c1-13(28-21-19-20(25-11-24-19)26-12-27-21)17-10-14-6-5-9-16(23)18(14)22(30)29(17)15-7-3-2-4-8-15/h2-13H,1H3,(H2,24,25,26,27,28). The summed E-state index contributed by atoms with van der Waals surface area (Å²) in [5.74, 6) is 0.614. The van der Waals surface area contributed by atoms with E-state index in [9.17, 15) is 4.79 Å². The van der Waals surface area contributed by atoms with Gasteiger partial charge in [-0.3, -0.25) is 9.36 Å². The van der Waals surface area contributed by atoms with Crippen LogP contribution in [0.4, 0.5) is 5.82 Å². The minimum atomic E-state index is -0.248. The Morgan fingerprint density at radius 1 is 1.07 bits per heavy atom. The molecule has 8 heteroatoms. The minimum Gasteiger partial charge on any atom is -0.360 e. The van der Waals surface area contributed by atoms with Crippen molar-refractivity contribution in [2.24, 2.45) is 0 Å². The van der Waals surface area contributed by atoms with Crippen LogP contribution in [0.3, 0.4) is 0 Å². The highest BCUT2D eigenvalue weighted by molar-refractivity contribution is 6.35. The predicted molar refractivity (Wildman–Crippen MR) is 118 cm³/mol. The fourth-order valence-corrected chi connectivity index (χ4v) is 3.92. The zero-order valence-corrected chi connectivity index (χ0v) is 16.8. The molecule has 0 bridgehead atoms. The van der Waals surface area contributed by atoms with Gasteiger partial charge in [0, 0.05) is 11.4 Å². The third kappa shape index (κ3) is 3.00. The predicted octanol–water partition coefficient (Wildman–Crippen LogP) is 4.48. The number of pyridine rings is 1. The second-order valence-electron chi connectivity index (χ2n) is 6.94. The smallest absolute Gasteiger partial charge is 0.264 e. The van der Waals surface area contributed by atoms with E-state index in [1.165, 1.54) is 6.33 Å². The second-order valence-corrected chi connectivity index (χ2v) is 7.35. The van der Waals surface area contributed by atoms with Crippen LogP contribution in [-0.2, 0) is 0 Å². The molecule has 0 saturated carbocycles. The number of hydrogen-bond acceptors (Lipinski definition) is 5. The molecule has 0 aliphatic carbocycles. The van der Waals surface area contributed by atoms with E-state index < -0.39 is 0 Å². The van der Waals surface area contributed by atoms with Crippen molar-refractivity contribution in [3.05, 3.63) is 88.3 Å². The molecule has 0 aliphatic heterocycles. The Labute approximate surface area is 176 Å². The van der Waals surface area contributed by atoms with Crippen molar-refractivity contribution in [3.8, 4) is 5.69 Å². The van der Waals surface area contributed by atoms with Gasteiger partial charge in [-0.25, -0.2) is 15.0 Å². The molecule has 30 heavy (non-hydrogen) atoms. The number of aromatic amines is 1. The van der Waals surface area contributed by atoms with Gasteiger partial charge < -0.3 is 10.3 Å². The highest BCUT2D eigenvalue weighted by atomic mass is 35.5. The molecule has 1 unspecified atom stereocenters. The second kappa shape index (κ2) is 7.27. The van der Waals surface area contributed by atoms with Gasteiger partial charge in [-0.15, -0.1) is 0 Å². The molecule has 2 N–H and O–H groups in total. The highest BCUT2D eigenvalue weighted by Gasteiger charge is 2.19. The van der Waals surface area contributed by atoms with Crippen LogP contribution in [0.2, 0.25) is 5.02 Å². The first-order chi connectivity index (χ1) is 14.6. The lowest BCUT2D eigenvalue weighted by atomic mass is 10.1. The molecule has 148 valence electrons. The summed E-state index contributed by atoms with van der Waals surface area (Å²) in [6.07, 6.45) is 3.04. The molecule has 3 heterocycles. The molecule has 0 amide bonds. The molecule has 0 aliphatic rings. The van der Waals surface area contributed by atoms with E-state index in [0.717, 1.165) is 16.8 Å². The number of anilines is 1. The van der Waals surface area contributed by atoms with Crippen molar-refractivity contribution < 1.29 is 0 Å². The van der Waals surface area contributed by atoms with Crippen LogP contribution in [0.15, 0.2) is 72.0 Å². The fourth-order valence-electron chi connectivity index (χ4n) is 3.66. The summed E-state index contributed by atoms with van der Waals surface area (Å²) in [4.78, 5) is 29.2. The third-order valence-corrected chi connectivity index (χ3v) is 5.37. The van der Waals surface area contributed by atoms with Gasteiger partial charge in [-0.05, 0) is 36.6 Å². The SMILES string of the molecule is CC(Nc1ncnc2nc[nH]c12)c1cc2cccc(Cl)c2c(=O)n1-c1ccccc1. The van der Waals surface area contributed by atoms with E-state index in [1.807, 2.05) is 55.5 Å². The monoisotopic (exact) mass is 416 g/mol. The zero-order valence-electron chi connectivity index (χ0n) is 16.0. The summed E-state index contributed by atoms with van der Waals surface area (Å²) in [6.45, 7) is 1.98. The Bertz CT molecular complexity index is 1430. The quantitative estimate of drug-likeness (QED) is 0.451. The lowest BCUT2D eigenvalue weighted by Crippen LogP contribution is -2.25. The van der Waals surface area contributed by atoms with Crippen molar-refractivity contribution >= 4 is 39.4 Å². The van der Waals surface area contributed by atoms with Gasteiger partial charge in [0.25, 0.3) is 5.56 Å². The van der Waals surface area contributed by atoms with Gasteiger partial charge in [-0.2, -0.15) is 0 Å². The maximum absolute atomic E-state index is 13.5. The van der Waals surface area contributed by atoms with Crippen LogP contribution in [0, 0.1) is 0 Å². The van der Waals surface area contributed by atoms with Gasteiger partial charge in [0.1, 0.15) is 11.8 Å². The summed E-state index contributed by atoms with van der Waals surface area (Å²) < 4.78 is 1.69. The van der Waals surface area contributed by atoms with Crippen molar-refractivity contribution in [1.82, 2.24) is 24.5 Å². The Balaban J connectivity index is 1.71. The average molecular weight is 417 g/mol. The van der Waals surface area contributed by atoms with Crippen LogP contribution in [-0.4, -0.2) is 24.5 Å². The van der Waals surface area contributed by atoms with Crippen LogP contribution >= 0.6 is 11.6 Å². The van der Waals surface area contributed by atoms with Crippen LogP contribution in [0.1, 0.15) is 18.7 Å². The molecule has 0 saturated heterocycles. The molecular weight excluding hydrogens is 400 g/mol. The summed E-state index contributed by atoms with van der Waals surface area (Å²) >= 11 is 6.38. The Morgan fingerprint density at radius 2 is 1.90 bits per heavy atom. The number of H-pyrrole nitrogens is 1. The normalized spacial score (nSPS) is 12.3. The maximum Gasteiger partial charge on any atom is 0.264 e. The van der Waals surface area contributed by atoms with E-state index in [1.54, 1.807) is 17.0 Å². The Hall–Kier alpha value is -3.71. The van der Waals surface area contributed by atoms with Gasteiger partial charge in [-0.1, -0.05) is 41.9 Å². The van der Waals surface area contributed by atoms with E-state index in [0.29, 0.717) is 27.4 Å². The Kier molecular flexibility index (Phi) is 4.44. The van der Waals surface area contributed by atoms with Crippen molar-refractivity contribution in [2.45, 2.75) is 13.0 Å².